The van der Waals surface area contributed by atoms with E-state index in [1.165, 1.54) is 0 Å². The Morgan fingerprint density at radius 2 is 2.21 bits per heavy atom. The first-order valence-corrected chi connectivity index (χ1v) is 5.13. The van der Waals surface area contributed by atoms with Crippen LogP contribution in [0, 0.1) is 0 Å². The lowest BCUT2D eigenvalue weighted by atomic mass is 9.96. The quantitative estimate of drug-likeness (QED) is 0.726. The third-order valence-electron chi connectivity index (χ3n) is 3.16. The van der Waals surface area contributed by atoms with Gasteiger partial charge in [0.05, 0.1) is 12.6 Å². The number of aliphatic hydroxyl groups is 1. The molecule has 0 radical (unpaired) electrons. The van der Waals surface area contributed by atoms with Gasteiger partial charge in [0, 0.05) is 19.0 Å². The lowest BCUT2D eigenvalue weighted by Gasteiger charge is -2.35. The Balaban J connectivity index is 2.75. The fraction of sp³-hybridized carbons (Fsp3) is 0.900. The molecule has 0 saturated carbocycles. The molecule has 1 aliphatic heterocycles. The van der Waals surface area contributed by atoms with E-state index in [1.807, 2.05) is 12.1 Å². The van der Waals surface area contributed by atoms with Gasteiger partial charge in [-0.3, -0.25) is 9.80 Å². The number of carbonyl (C=O) groups excluding carboxylic acids is 1. The number of amides is 1. The highest BCUT2D eigenvalue weighted by atomic mass is 16.3. The second-order valence-electron chi connectivity index (χ2n) is 4.38. The summed E-state index contributed by atoms with van der Waals surface area (Å²) in [5.41, 5.74) is -0.0774. The molecule has 2 atom stereocenters. The molecule has 1 N–H and O–H groups in total. The largest absolute Gasteiger partial charge is 0.392 e. The third-order valence-corrected chi connectivity index (χ3v) is 3.16. The molecule has 1 saturated heterocycles. The van der Waals surface area contributed by atoms with E-state index in [-0.39, 0.29) is 11.4 Å². The van der Waals surface area contributed by atoms with Crippen molar-refractivity contribution in [2.75, 3.05) is 13.6 Å². The minimum atomic E-state index is -0.472. The lowest BCUT2D eigenvalue weighted by molar-refractivity contribution is -0.141. The summed E-state index contributed by atoms with van der Waals surface area (Å²) in [6.07, 6.45) is 1.01. The molecule has 0 bridgehead atoms. The van der Waals surface area contributed by atoms with Crippen molar-refractivity contribution in [2.45, 2.75) is 45.3 Å². The molecule has 0 aromatic heterocycles. The molecule has 82 valence electrons. The molecule has 1 heterocycles. The Morgan fingerprint density at radius 1 is 1.64 bits per heavy atom. The molecule has 0 aromatic rings. The van der Waals surface area contributed by atoms with Crippen molar-refractivity contribution < 1.29 is 9.90 Å². The number of nitrogens with zero attached hydrogens (tertiary/aromatic N) is 2. The van der Waals surface area contributed by atoms with Gasteiger partial charge in [-0.25, -0.2) is 5.01 Å². The van der Waals surface area contributed by atoms with Crippen LogP contribution in [0.2, 0.25) is 0 Å². The van der Waals surface area contributed by atoms with E-state index >= 15 is 0 Å². The van der Waals surface area contributed by atoms with Crippen molar-refractivity contribution >= 4 is 5.91 Å². The summed E-state index contributed by atoms with van der Waals surface area (Å²) in [5, 5.41) is 12.9. The third kappa shape index (κ3) is 1.91. The van der Waals surface area contributed by atoms with E-state index in [4.69, 9.17) is 0 Å². The molecule has 0 spiro atoms. The number of β-amino-alcohol motifs (C(OH)–C–C–N with tert-alkyl or cyclic N) is 1. The van der Waals surface area contributed by atoms with Crippen LogP contribution in [0.15, 0.2) is 0 Å². The number of rotatable bonds is 3. The lowest BCUT2D eigenvalue weighted by Crippen LogP contribution is -2.47. The summed E-state index contributed by atoms with van der Waals surface area (Å²) in [6, 6.07) is 0. The predicted molar refractivity (Wildman–Crippen MR) is 54.5 cm³/mol. The summed E-state index contributed by atoms with van der Waals surface area (Å²) in [6.45, 7) is 6.25. The van der Waals surface area contributed by atoms with Crippen LogP contribution in [0.25, 0.3) is 0 Å². The van der Waals surface area contributed by atoms with Crippen LogP contribution < -0.4 is 0 Å². The fourth-order valence-electron chi connectivity index (χ4n) is 1.82. The minimum Gasteiger partial charge on any atom is -0.392 e. The molecule has 0 aromatic carbocycles. The Bertz CT molecular complexity index is 230. The summed E-state index contributed by atoms with van der Waals surface area (Å²) < 4.78 is 0. The number of carbonyl (C=O) groups is 1. The zero-order chi connectivity index (χ0) is 10.9. The highest BCUT2D eigenvalue weighted by Crippen LogP contribution is 2.31. The van der Waals surface area contributed by atoms with Gasteiger partial charge in [-0.15, -0.1) is 0 Å². The average Bonchev–Trinajstić information content (AvgIpc) is 2.30. The van der Waals surface area contributed by atoms with E-state index in [9.17, 15) is 9.90 Å². The van der Waals surface area contributed by atoms with Gasteiger partial charge in [0.2, 0.25) is 5.91 Å². The molecule has 1 rings (SSSR count). The Morgan fingerprint density at radius 3 is 2.57 bits per heavy atom. The summed E-state index contributed by atoms with van der Waals surface area (Å²) in [4.78, 5) is 11.7. The Hall–Kier alpha value is -0.610. The van der Waals surface area contributed by atoms with Crippen LogP contribution in [-0.2, 0) is 4.79 Å². The molecule has 1 fully saturated rings. The maximum absolute atomic E-state index is 11.7. The van der Waals surface area contributed by atoms with Gasteiger partial charge in [0.1, 0.15) is 0 Å². The Kier molecular flexibility index (Phi) is 3.17. The average molecular weight is 200 g/mol. The number of hydrogen-bond acceptors (Lipinski definition) is 3. The van der Waals surface area contributed by atoms with Crippen molar-refractivity contribution in [3.63, 3.8) is 0 Å². The monoisotopic (exact) mass is 200 g/mol. The molecule has 1 aliphatic rings. The van der Waals surface area contributed by atoms with Crippen molar-refractivity contribution in [3.8, 4) is 0 Å². The van der Waals surface area contributed by atoms with Crippen molar-refractivity contribution in [3.05, 3.63) is 0 Å². The van der Waals surface area contributed by atoms with E-state index in [1.54, 1.807) is 11.9 Å². The standard InChI is InChI=1S/C10H20N2O2/c1-5-10(3)6-9(14)12(11(10)4)7-8(2)13/h8,13H,5-7H2,1-4H3. The highest BCUT2D eigenvalue weighted by molar-refractivity contribution is 5.79. The van der Waals surface area contributed by atoms with Gasteiger partial charge in [0.15, 0.2) is 0 Å². The number of hydrazine groups is 1. The maximum Gasteiger partial charge on any atom is 0.238 e. The molecular weight excluding hydrogens is 180 g/mol. The van der Waals surface area contributed by atoms with Crippen molar-refractivity contribution in [2.24, 2.45) is 0 Å². The topological polar surface area (TPSA) is 43.8 Å². The molecule has 4 nitrogen and oxygen atoms in total. The van der Waals surface area contributed by atoms with Gasteiger partial charge in [-0.2, -0.15) is 0 Å². The molecule has 0 aliphatic carbocycles. The van der Waals surface area contributed by atoms with Gasteiger partial charge < -0.3 is 5.11 Å². The van der Waals surface area contributed by atoms with Crippen molar-refractivity contribution in [1.82, 2.24) is 10.0 Å². The van der Waals surface area contributed by atoms with Crippen LogP contribution in [0.1, 0.15) is 33.6 Å². The maximum atomic E-state index is 11.7. The first-order chi connectivity index (χ1) is 6.40. The molecule has 2 unspecified atom stereocenters. The van der Waals surface area contributed by atoms with E-state index in [2.05, 4.69) is 13.8 Å². The molecule has 1 amide bonds. The first kappa shape index (κ1) is 11.5. The van der Waals surface area contributed by atoms with Crippen LogP contribution in [0.4, 0.5) is 0 Å². The highest BCUT2D eigenvalue weighted by Gasteiger charge is 2.43. The van der Waals surface area contributed by atoms with Crippen LogP contribution in [0.5, 0.6) is 0 Å². The fourth-order valence-corrected chi connectivity index (χ4v) is 1.82. The van der Waals surface area contributed by atoms with Gasteiger partial charge >= 0.3 is 0 Å². The van der Waals surface area contributed by atoms with Crippen LogP contribution in [0.3, 0.4) is 0 Å². The minimum absolute atomic E-state index is 0.0774. The predicted octanol–water partition coefficient (Wildman–Crippen LogP) is 0.615. The molecule has 14 heavy (non-hydrogen) atoms. The number of hydrogen-bond donors (Lipinski definition) is 1. The van der Waals surface area contributed by atoms with Gasteiger partial charge in [-0.05, 0) is 20.3 Å². The van der Waals surface area contributed by atoms with Gasteiger partial charge in [0.25, 0.3) is 0 Å². The van der Waals surface area contributed by atoms with E-state index in [0.29, 0.717) is 13.0 Å². The zero-order valence-electron chi connectivity index (χ0n) is 9.45. The SMILES string of the molecule is CCC1(C)CC(=O)N(CC(C)O)N1C. The van der Waals surface area contributed by atoms with Gasteiger partial charge in [-0.1, -0.05) is 6.92 Å². The van der Waals surface area contributed by atoms with Crippen molar-refractivity contribution in [1.29, 1.82) is 0 Å². The first-order valence-electron chi connectivity index (χ1n) is 5.13. The molecular formula is C10H20N2O2. The summed E-state index contributed by atoms with van der Waals surface area (Å²) in [5.74, 6) is 0.109. The normalized spacial score (nSPS) is 31.2. The summed E-state index contributed by atoms with van der Waals surface area (Å²) in [7, 11) is 1.91. The summed E-state index contributed by atoms with van der Waals surface area (Å²) >= 11 is 0. The van der Waals surface area contributed by atoms with Crippen LogP contribution in [-0.4, -0.2) is 46.3 Å². The second kappa shape index (κ2) is 3.87. The van der Waals surface area contributed by atoms with E-state index < -0.39 is 6.10 Å². The smallest absolute Gasteiger partial charge is 0.238 e. The Labute approximate surface area is 85.5 Å². The second-order valence-corrected chi connectivity index (χ2v) is 4.38. The zero-order valence-corrected chi connectivity index (χ0v) is 9.45. The van der Waals surface area contributed by atoms with E-state index in [0.717, 1.165) is 6.42 Å². The number of aliphatic hydroxyl groups excluding tert-OH is 1. The van der Waals surface area contributed by atoms with Crippen LogP contribution >= 0.6 is 0 Å². The molecule has 4 heteroatoms.